The molecular formula is C21H32O4. The van der Waals surface area contributed by atoms with Crippen LogP contribution in [0.15, 0.2) is 11.6 Å². The summed E-state index contributed by atoms with van der Waals surface area (Å²) in [7, 11) is 0. The summed E-state index contributed by atoms with van der Waals surface area (Å²) in [5, 5.41) is 29.0. The fourth-order valence-electron chi connectivity index (χ4n) is 4.10. The van der Waals surface area contributed by atoms with Gasteiger partial charge >= 0.3 is 5.97 Å². The minimum absolute atomic E-state index is 0.0317. The first-order chi connectivity index (χ1) is 12.0. The Kier molecular flexibility index (Phi) is 7.99. The van der Waals surface area contributed by atoms with Crippen molar-refractivity contribution in [1.29, 1.82) is 0 Å². The second kappa shape index (κ2) is 9.99. The largest absolute Gasteiger partial charge is 0.481 e. The molecule has 0 heterocycles. The molecule has 2 aliphatic rings. The molecule has 0 radical (unpaired) electrons. The average molecular weight is 348 g/mol. The minimum Gasteiger partial charge on any atom is -0.481 e. The zero-order valence-electron chi connectivity index (χ0n) is 15.3. The number of fused-ring (bicyclic) bond motifs is 1. The van der Waals surface area contributed by atoms with E-state index in [0.29, 0.717) is 24.7 Å². The molecular weight excluding hydrogens is 316 g/mol. The summed E-state index contributed by atoms with van der Waals surface area (Å²) in [4.78, 5) is 10.6. The van der Waals surface area contributed by atoms with Crippen LogP contribution in [0.4, 0.5) is 0 Å². The van der Waals surface area contributed by atoms with Gasteiger partial charge < -0.3 is 15.3 Å². The summed E-state index contributed by atoms with van der Waals surface area (Å²) in [6.45, 7) is 2.14. The molecule has 0 aromatic heterocycles. The number of rotatable bonds is 8. The molecule has 0 amide bonds. The lowest BCUT2D eigenvalue weighted by atomic mass is 9.57. The molecule has 4 heteroatoms. The maximum absolute atomic E-state index is 10.6. The first kappa shape index (κ1) is 20.0. The summed E-state index contributed by atoms with van der Waals surface area (Å²) in [5.74, 6) is 6.26. The van der Waals surface area contributed by atoms with E-state index in [-0.39, 0.29) is 18.4 Å². The number of hydrogen-bond donors (Lipinski definition) is 3. The average Bonchev–Trinajstić information content (AvgIpc) is 2.54. The fraction of sp³-hybridized carbons (Fsp3) is 0.762. The van der Waals surface area contributed by atoms with E-state index in [1.54, 1.807) is 0 Å². The van der Waals surface area contributed by atoms with Gasteiger partial charge in [-0.15, -0.1) is 0 Å². The SMILES string of the molecule is CCCCCC(O)C#CC1C2C/C(=C/CCCC(=O)O)[C@H]2CC[C@H]1O. The molecule has 2 fully saturated rings. The van der Waals surface area contributed by atoms with Crippen molar-refractivity contribution < 1.29 is 20.1 Å². The zero-order valence-corrected chi connectivity index (χ0v) is 15.3. The topological polar surface area (TPSA) is 77.8 Å². The van der Waals surface area contributed by atoms with Crippen molar-refractivity contribution in [2.24, 2.45) is 17.8 Å². The summed E-state index contributed by atoms with van der Waals surface area (Å²) in [6.07, 6.45) is 9.64. The Balaban J connectivity index is 1.85. The van der Waals surface area contributed by atoms with Gasteiger partial charge in [0.1, 0.15) is 6.10 Å². The van der Waals surface area contributed by atoms with E-state index in [4.69, 9.17) is 5.11 Å². The Morgan fingerprint density at radius 1 is 1.32 bits per heavy atom. The second-order valence-corrected chi connectivity index (χ2v) is 7.51. The van der Waals surface area contributed by atoms with Crippen LogP contribution >= 0.6 is 0 Å². The minimum atomic E-state index is -0.737. The van der Waals surface area contributed by atoms with Crippen LogP contribution < -0.4 is 0 Å². The molecule has 3 N–H and O–H groups in total. The van der Waals surface area contributed by atoms with E-state index in [1.807, 2.05) is 0 Å². The smallest absolute Gasteiger partial charge is 0.303 e. The molecule has 0 aromatic rings. The highest BCUT2D eigenvalue weighted by atomic mass is 16.4. The molecule has 5 atom stereocenters. The van der Waals surface area contributed by atoms with Crippen molar-refractivity contribution in [3.8, 4) is 11.8 Å². The van der Waals surface area contributed by atoms with Gasteiger partial charge in [-0.2, -0.15) is 0 Å². The van der Waals surface area contributed by atoms with Crippen LogP contribution in [-0.4, -0.2) is 33.5 Å². The van der Waals surface area contributed by atoms with Crippen molar-refractivity contribution in [2.75, 3.05) is 0 Å². The number of aliphatic carboxylic acids is 1. The summed E-state index contributed by atoms with van der Waals surface area (Å²) >= 11 is 0. The van der Waals surface area contributed by atoms with E-state index in [0.717, 1.165) is 44.9 Å². The first-order valence-electron chi connectivity index (χ1n) is 9.80. The van der Waals surface area contributed by atoms with E-state index in [1.165, 1.54) is 5.57 Å². The first-order valence-corrected chi connectivity index (χ1v) is 9.80. The fourth-order valence-corrected chi connectivity index (χ4v) is 4.10. The molecule has 0 aromatic carbocycles. The van der Waals surface area contributed by atoms with Gasteiger partial charge in [-0.3, -0.25) is 4.79 Å². The van der Waals surface area contributed by atoms with Gasteiger partial charge in [0.15, 0.2) is 0 Å². The Morgan fingerprint density at radius 2 is 2.12 bits per heavy atom. The van der Waals surface area contributed by atoms with Crippen molar-refractivity contribution in [3.05, 3.63) is 11.6 Å². The third-order valence-corrected chi connectivity index (χ3v) is 5.61. The maximum Gasteiger partial charge on any atom is 0.303 e. The number of aliphatic hydroxyl groups excluding tert-OH is 2. The predicted octanol–water partition coefficient (Wildman–Crippen LogP) is 3.52. The highest BCUT2D eigenvalue weighted by Gasteiger charge is 2.46. The van der Waals surface area contributed by atoms with Crippen molar-refractivity contribution in [1.82, 2.24) is 0 Å². The van der Waals surface area contributed by atoms with Crippen LogP contribution in [0, 0.1) is 29.6 Å². The number of hydrogen-bond acceptors (Lipinski definition) is 3. The number of allylic oxidation sites excluding steroid dienone is 2. The number of carboxylic acids is 1. The van der Waals surface area contributed by atoms with Gasteiger partial charge in [0.2, 0.25) is 0 Å². The molecule has 4 nitrogen and oxygen atoms in total. The highest BCUT2D eigenvalue weighted by molar-refractivity contribution is 5.66. The number of carboxylic acid groups (broad SMARTS) is 1. The molecule has 25 heavy (non-hydrogen) atoms. The van der Waals surface area contributed by atoms with Crippen LogP contribution in [0.3, 0.4) is 0 Å². The second-order valence-electron chi connectivity index (χ2n) is 7.51. The monoisotopic (exact) mass is 348 g/mol. The Labute approximate surface area is 151 Å². The summed E-state index contributed by atoms with van der Waals surface area (Å²) in [6, 6.07) is 0. The van der Waals surface area contributed by atoms with Gasteiger partial charge in [0.05, 0.1) is 12.0 Å². The van der Waals surface area contributed by atoms with Gasteiger partial charge in [-0.05, 0) is 56.8 Å². The van der Waals surface area contributed by atoms with E-state index in [9.17, 15) is 15.0 Å². The molecule has 2 saturated carbocycles. The maximum atomic E-state index is 10.6. The lowest BCUT2D eigenvalue weighted by Gasteiger charge is -2.48. The molecule has 2 aliphatic carbocycles. The summed E-state index contributed by atoms with van der Waals surface area (Å²) < 4.78 is 0. The third-order valence-electron chi connectivity index (χ3n) is 5.61. The van der Waals surface area contributed by atoms with Crippen LogP contribution in [0.2, 0.25) is 0 Å². The normalized spacial score (nSPS) is 30.8. The zero-order chi connectivity index (χ0) is 18.2. The molecule has 0 spiro atoms. The predicted molar refractivity (Wildman–Crippen MR) is 97.8 cm³/mol. The number of unbranched alkanes of at least 4 members (excludes halogenated alkanes) is 3. The van der Waals surface area contributed by atoms with Crippen molar-refractivity contribution in [3.63, 3.8) is 0 Å². The molecule has 3 unspecified atom stereocenters. The van der Waals surface area contributed by atoms with Crippen LogP contribution in [-0.2, 0) is 4.79 Å². The molecule has 0 saturated heterocycles. The van der Waals surface area contributed by atoms with E-state index < -0.39 is 12.1 Å². The lowest BCUT2D eigenvalue weighted by molar-refractivity contribution is -0.137. The Bertz CT molecular complexity index is 528. The number of aliphatic hydroxyl groups is 2. The molecule has 0 aliphatic heterocycles. The van der Waals surface area contributed by atoms with E-state index in [2.05, 4.69) is 24.8 Å². The molecule has 2 rings (SSSR count). The van der Waals surface area contributed by atoms with Crippen molar-refractivity contribution >= 4 is 5.97 Å². The number of carbonyl (C=O) groups is 1. The third kappa shape index (κ3) is 5.87. The van der Waals surface area contributed by atoms with Crippen LogP contribution in [0.1, 0.15) is 71.1 Å². The quantitative estimate of drug-likeness (QED) is 0.356. The van der Waals surface area contributed by atoms with Crippen LogP contribution in [0.5, 0.6) is 0 Å². The Hall–Kier alpha value is -1.31. The molecule has 140 valence electrons. The Morgan fingerprint density at radius 3 is 2.84 bits per heavy atom. The standard InChI is InChI=1S/C21H32O4/c1-2-3-4-8-16(22)10-11-18-19-14-15(7-5-6-9-21(24)25)17(19)12-13-20(18)23/h7,16-20,22-23H,2-6,8-9,12-14H2,1H3,(H,24,25)/b15-7-/t16?,17-,18?,19?,20-/m1/s1. The van der Waals surface area contributed by atoms with Gasteiger partial charge in [-0.1, -0.05) is 43.3 Å². The summed E-state index contributed by atoms with van der Waals surface area (Å²) in [5.41, 5.74) is 1.41. The highest BCUT2D eigenvalue weighted by Crippen LogP contribution is 2.51. The lowest BCUT2D eigenvalue weighted by Crippen LogP contribution is -2.44. The van der Waals surface area contributed by atoms with Crippen LogP contribution in [0.25, 0.3) is 0 Å². The van der Waals surface area contributed by atoms with Gasteiger partial charge in [0, 0.05) is 6.42 Å². The van der Waals surface area contributed by atoms with Gasteiger partial charge in [-0.25, -0.2) is 0 Å². The molecule has 0 bridgehead atoms. The van der Waals surface area contributed by atoms with Crippen molar-refractivity contribution in [2.45, 2.75) is 83.3 Å². The van der Waals surface area contributed by atoms with Gasteiger partial charge in [0.25, 0.3) is 0 Å². The van der Waals surface area contributed by atoms with E-state index >= 15 is 0 Å².